The quantitative estimate of drug-likeness (QED) is 0.342. The molecule has 0 aliphatic carbocycles. The van der Waals surface area contributed by atoms with Crippen molar-refractivity contribution >= 4 is 27.5 Å². The third-order valence-electron chi connectivity index (χ3n) is 6.75. The van der Waals surface area contributed by atoms with Crippen LogP contribution in [0.1, 0.15) is 42.5 Å². The van der Waals surface area contributed by atoms with E-state index in [0.717, 1.165) is 21.0 Å². The number of aryl methyl sites for hydroxylation is 3. The monoisotopic (exact) mass is 565 g/mol. The summed E-state index contributed by atoms with van der Waals surface area (Å²) in [7, 11) is -2.56. The highest BCUT2D eigenvalue weighted by molar-refractivity contribution is 7.92. The summed E-state index contributed by atoms with van der Waals surface area (Å²) in [5.74, 6) is -0.159. The summed E-state index contributed by atoms with van der Waals surface area (Å²) in [5, 5.41) is 2.81. The minimum Gasteiger partial charge on any atom is -0.497 e. The summed E-state index contributed by atoms with van der Waals surface area (Å²) in [4.78, 5) is 28.8. The topological polar surface area (TPSA) is 96.0 Å². The van der Waals surface area contributed by atoms with E-state index >= 15 is 0 Å². The molecule has 3 aromatic carbocycles. The first-order valence-electron chi connectivity index (χ1n) is 13.4. The maximum Gasteiger partial charge on any atom is 0.264 e. The van der Waals surface area contributed by atoms with Crippen LogP contribution in [0.5, 0.6) is 5.75 Å². The fraction of sp³-hybridized carbons (Fsp3) is 0.355. The van der Waals surface area contributed by atoms with Crippen molar-refractivity contribution in [2.45, 2.75) is 58.5 Å². The van der Waals surface area contributed by atoms with Gasteiger partial charge in [-0.2, -0.15) is 0 Å². The Bertz CT molecular complexity index is 1440. The Hall–Kier alpha value is -3.85. The molecular formula is C31H39N3O5S. The van der Waals surface area contributed by atoms with Crippen LogP contribution in [-0.2, 0) is 26.2 Å². The molecule has 3 aromatic rings. The molecule has 0 aliphatic heterocycles. The first-order chi connectivity index (χ1) is 19.0. The van der Waals surface area contributed by atoms with Crippen LogP contribution in [0.25, 0.3) is 0 Å². The molecule has 0 spiro atoms. The van der Waals surface area contributed by atoms with Crippen LogP contribution in [0, 0.1) is 20.8 Å². The van der Waals surface area contributed by atoms with Gasteiger partial charge >= 0.3 is 0 Å². The number of hydrogen-bond donors (Lipinski definition) is 1. The molecule has 0 bridgehead atoms. The minimum absolute atomic E-state index is 0.0851. The molecule has 0 fully saturated rings. The molecule has 0 heterocycles. The average molecular weight is 566 g/mol. The highest BCUT2D eigenvalue weighted by Gasteiger charge is 2.34. The molecule has 2 amide bonds. The SMILES string of the molecule is CCNC(=O)C(CC)N(Cc1cccc(OC)c1)C(=O)CN(c1cc(C)ccc1C)S(=O)(=O)c1ccc(C)cc1. The number of nitrogens with one attached hydrogen (secondary N) is 1. The normalized spacial score (nSPS) is 11.9. The van der Waals surface area contributed by atoms with Crippen LogP contribution < -0.4 is 14.4 Å². The van der Waals surface area contributed by atoms with Gasteiger partial charge in [-0.15, -0.1) is 0 Å². The molecule has 1 N–H and O–H groups in total. The van der Waals surface area contributed by atoms with Crippen LogP contribution in [0.2, 0.25) is 0 Å². The number of amides is 2. The van der Waals surface area contributed by atoms with Gasteiger partial charge in [-0.05, 0) is 81.1 Å². The first-order valence-corrected chi connectivity index (χ1v) is 14.8. The van der Waals surface area contributed by atoms with Gasteiger partial charge in [0, 0.05) is 13.1 Å². The number of hydrogen-bond acceptors (Lipinski definition) is 5. The molecule has 214 valence electrons. The van der Waals surface area contributed by atoms with E-state index in [9.17, 15) is 18.0 Å². The Kier molecular flexibility index (Phi) is 10.3. The predicted octanol–water partition coefficient (Wildman–Crippen LogP) is 4.76. The van der Waals surface area contributed by atoms with Crippen molar-refractivity contribution in [1.82, 2.24) is 10.2 Å². The maximum absolute atomic E-state index is 14.1. The third-order valence-corrected chi connectivity index (χ3v) is 8.52. The zero-order chi connectivity index (χ0) is 29.4. The van der Waals surface area contributed by atoms with Crippen LogP contribution in [-0.4, -0.2) is 51.4 Å². The Morgan fingerprint density at radius 1 is 0.925 bits per heavy atom. The van der Waals surface area contributed by atoms with Gasteiger partial charge in [-0.3, -0.25) is 13.9 Å². The number of ether oxygens (including phenoxy) is 1. The number of carbonyl (C=O) groups is 2. The van der Waals surface area contributed by atoms with Crippen molar-refractivity contribution in [3.63, 3.8) is 0 Å². The Balaban J connectivity index is 2.11. The third kappa shape index (κ3) is 7.21. The molecule has 3 rings (SSSR count). The van der Waals surface area contributed by atoms with E-state index in [1.54, 1.807) is 49.6 Å². The lowest BCUT2D eigenvalue weighted by molar-refractivity contribution is -0.140. The number of sulfonamides is 1. The minimum atomic E-state index is -4.12. The molecule has 1 atom stereocenters. The van der Waals surface area contributed by atoms with Crippen molar-refractivity contribution in [2.24, 2.45) is 0 Å². The van der Waals surface area contributed by atoms with Gasteiger partial charge in [0.2, 0.25) is 11.8 Å². The van der Waals surface area contributed by atoms with Gasteiger partial charge < -0.3 is 15.0 Å². The zero-order valence-electron chi connectivity index (χ0n) is 24.1. The van der Waals surface area contributed by atoms with Crippen molar-refractivity contribution in [3.8, 4) is 5.75 Å². The lowest BCUT2D eigenvalue weighted by Crippen LogP contribution is -2.52. The summed E-state index contributed by atoms with van der Waals surface area (Å²) >= 11 is 0. The molecule has 0 saturated heterocycles. The first kappa shape index (κ1) is 30.7. The number of benzene rings is 3. The van der Waals surface area contributed by atoms with Crippen molar-refractivity contribution < 1.29 is 22.7 Å². The Morgan fingerprint density at radius 3 is 2.23 bits per heavy atom. The fourth-order valence-corrected chi connectivity index (χ4v) is 5.99. The van der Waals surface area contributed by atoms with Gasteiger partial charge in [0.25, 0.3) is 10.0 Å². The summed E-state index contributed by atoms with van der Waals surface area (Å²) in [6.45, 7) is 9.26. The van der Waals surface area contributed by atoms with E-state index in [1.165, 1.54) is 4.90 Å². The fourth-order valence-electron chi connectivity index (χ4n) is 4.52. The molecule has 0 saturated carbocycles. The summed E-state index contributed by atoms with van der Waals surface area (Å²) < 4.78 is 34.6. The number of nitrogens with zero attached hydrogens (tertiary/aromatic N) is 2. The van der Waals surface area contributed by atoms with Gasteiger partial charge in [0.15, 0.2) is 0 Å². The van der Waals surface area contributed by atoms with Gasteiger partial charge in [-0.1, -0.05) is 48.9 Å². The molecular weight excluding hydrogens is 526 g/mol. The molecule has 0 aromatic heterocycles. The van der Waals surface area contributed by atoms with Gasteiger partial charge in [0.05, 0.1) is 17.7 Å². The summed E-state index contributed by atoms with van der Waals surface area (Å²) in [6.07, 6.45) is 0.357. The van der Waals surface area contributed by atoms with E-state index < -0.39 is 28.5 Å². The summed E-state index contributed by atoms with van der Waals surface area (Å²) in [5.41, 5.74) is 3.67. The molecule has 0 radical (unpaired) electrons. The van der Waals surface area contributed by atoms with E-state index in [0.29, 0.717) is 30.0 Å². The second kappa shape index (κ2) is 13.5. The van der Waals surface area contributed by atoms with Crippen molar-refractivity contribution in [2.75, 3.05) is 24.5 Å². The van der Waals surface area contributed by atoms with E-state index in [-0.39, 0.29) is 17.3 Å². The van der Waals surface area contributed by atoms with Crippen LogP contribution >= 0.6 is 0 Å². The smallest absolute Gasteiger partial charge is 0.264 e. The molecule has 1 unspecified atom stereocenters. The number of anilines is 1. The van der Waals surface area contributed by atoms with Crippen LogP contribution in [0.4, 0.5) is 5.69 Å². The second-order valence-electron chi connectivity index (χ2n) is 9.81. The number of methoxy groups -OCH3 is 1. The molecule has 9 heteroatoms. The predicted molar refractivity (Wildman–Crippen MR) is 158 cm³/mol. The molecule has 0 aliphatic rings. The zero-order valence-corrected chi connectivity index (χ0v) is 24.9. The Morgan fingerprint density at radius 2 is 1.60 bits per heavy atom. The maximum atomic E-state index is 14.1. The summed E-state index contributed by atoms with van der Waals surface area (Å²) in [6, 6.07) is 18.5. The number of likely N-dealkylation sites (N-methyl/N-ethyl adjacent to an activating group) is 1. The largest absolute Gasteiger partial charge is 0.497 e. The van der Waals surface area contributed by atoms with Crippen LogP contribution in [0.3, 0.4) is 0 Å². The van der Waals surface area contributed by atoms with Crippen LogP contribution in [0.15, 0.2) is 71.6 Å². The standard InChI is InChI=1S/C31H39N3O5S/c1-7-28(31(36)32-8-2)33(20-25-10-9-11-26(19-25)39-6)30(35)21-34(29-18-23(4)12-15-24(29)5)40(37,38)27-16-13-22(3)14-17-27/h9-19,28H,7-8,20-21H2,1-6H3,(H,32,36). The lowest BCUT2D eigenvalue weighted by Gasteiger charge is -2.33. The van der Waals surface area contributed by atoms with Crippen molar-refractivity contribution in [1.29, 1.82) is 0 Å². The Labute approximate surface area is 238 Å². The van der Waals surface area contributed by atoms with E-state index in [1.807, 2.05) is 58.9 Å². The van der Waals surface area contributed by atoms with Crippen molar-refractivity contribution in [3.05, 3.63) is 89.0 Å². The van der Waals surface area contributed by atoms with E-state index in [2.05, 4.69) is 5.32 Å². The highest BCUT2D eigenvalue weighted by Crippen LogP contribution is 2.29. The lowest BCUT2D eigenvalue weighted by atomic mass is 10.1. The van der Waals surface area contributed by atoms with E-state index in [4.69, 9.17) is 4.74 Å². The second-order valence-corrected chi connectivity index (χ2v) is 11.7. The van der Waals surface area contributed by atoms with Gasteiger partial charge in [-0.25, -0.2) is 8.42 Å². The molecule has 40 heavy (non-hydrogen) atoms. The number of carbonyl (C=O) groups excluding carboxylic acids is 2. The van der Waals surface area contributed by atoms with Gasteiger partial charge in [0.1, 0.15) is 18.3 Å². The average Bonchev–Trinajstić information content (AvgIpc) is 2.93. The number of rotatable bonds is 12. The highest BCUT2D eigenvalue weighted by atomic mass is 32.2. The molecule has 8 nitrogen and oxygen atoms in total.